The Bertz CT molecular complexity index is 704. The lowest BCUT2D eigenvalue weighted by atomic mass is 9.78. The smallest absolute Gasteiger partial charge is 0.224 e. The fourth-order valence-electron chi connectivity index (χ4n) is 5.61. The number of amides is 2. The fraction of sp³-hybridized carbons (Fsp3) is 0.682. The predicted octanol–water partition coefficient (Wildman–Crippen LogP) is 1.25. The first kappa shape index (κ1) is 20.1. The van der Waals surface area contributed by atoms with Gasteiger partial charge in [0.15, 0.2) is 0 Å². The summed E-state index contributed by atoms with van der Waals surface area (Å²) in [6.07, 6.45) is 7.00. The maximum atomic E-state index is 12.6. The second-order valence-electron chi connectivity index (χ2n) is 8.80. The Morgan fingerprint density at radius 3 is 2.52 bits per heavy atom. The first-order valence-corrected chi connectivity index (χ1v) is 11.1. The van der Waals surface area contributed by atoms with Crippen LogP contribution >= 0.6 is 0 Å². The molecule has 0 radical (unpaired) electrons. The van der Waals surface area contributed by atoms with E-state index in [2.05, 4.69) is 26.2 Å². The molecule has 3 fully saturated rings. The largest absolute Gasteiger partial charge is 0.369 e. The average Bonchev–Trinajstić information content (AvgIpc) is 3.36. The van der Waals surface area contributed by atoms with Gasteiger partial charge in [-0.15, -0.1) is 0 Å². The number of rotatable bonds is 8. The van der Waals surface area contributed by atoms with Crippen molar-refractivity contribution in [1.29, 1.82) is 0 Å². The summed E-state index contributed by atoms with van der Waals surface area (Å²) in [5.41, 5.74) is 5.59. The van der Waals surface area contributed by atoms with Gasteiger partial charge in [-0.3, -0.25) is 14.5 Å². The van der Waals surface area contributed by atoms with Crippen molar-refractivity contribution in [2.75, 3.05) is 44.2 Å². The third-order valence-electron chi connectivity index (χ3n) is 7.09. The van der Waals surface area contributed by atoms with Crippen LogP contribution in [0.25, 0.3) is 0 Å². The Balaban J connectivity index is 1.12. The zero-order valence-corrected chi connectivity index (χ0v) is 17.1. The molecule has 158 valence electrons. The number of primary amides is 1. The van der Waals surface area contributed by atoms with Crippen LogP contribution in [-0.2, 0) is 9.59 Å². The number of anilines is 1. The van der Waals surface area contributed by atoms with Gasteiger partial charge in [0.1, 0.15) is 5.82 Å². The topological polar surface area (TPSA) is 91.6 Å². The number of fused-ring (bicyclic) bond motifs is 2. The molecule has 0 aromatic carbocycles. The van der Waals surface area contributed by atoms with Crippen molar-refractivity contribution in [2.24, 2.45) is 29.4 Å². The van der Waals surface area contributed by atoms with Gasteiger partial charge < -0.3 is 16.0 Å². The number of hydrogen-bond donors (Lipinski definition) is 2. The van der Waals surface area contributed by atoms with E-state index in [1.54, 1.807) is 0 Å². The van der Waals surface area contributed by atoms with Gasteiger partial charge in [-0.25, -0.2) is 4.98 Å². The zero-order chi connectivity index (χ0) is 20.2. The minimum absolute atomic E-state index is 0.0463. The molecule has 2 heterocycles. The minimum Gasteiger partial charge on any atom is -0.369 e. The normalized spacial score (nSPS) is 29.2. The number of aromatic nitrogens is 1. The van der Waals surface area contributed by atoms with Crippen LogP contribution in [0.15, 0.2) is 24.4 Å². The van der Waals surface area contributed by atoms with E-state index in [0.29, 0.717) is 18.4 Å². The molecule has 29 heavy (non-hydrogen) atoms. The quantitative estimate of drug-likeness (QED) is 0.642. The molecule has 2 amide bonds. The van der Waals surface area contributed by atoms with E-state index in [0.717, 1.165) is 70.6 Å². The molecular formula is C22H33N5O2. The van der Waals surface area contributed by atoms with Crippen molar-refractivity contribution in [1.82, 2.24) is 15.2 Å². The van der Waals surface area contributed by atoms with Crippen molar-refractivity contribution in [3.8, 4) is 0 Å². The summed E-state index contributed by atoms with van der Waals surface area (Å²) in [5.74, 6) is 1.07. The number of carbonyl (C=O) groups is 2. The Hall–Kier alpha value is -2.15. The monoisotopic (exact) mass is 399 g/mol. The Labute approximate surface area is 173 Å². The number of unbranched alkanes of at least 4 members (excludes halogenated alkanes) is 1. The van der Waals surface area contributed by atoms with E-state index in [1.807, 2.05) is 18.3 Å². The van der Waals surface area contributed by atoms with Crippen molar-refractivity contribution >= 4 is 17.6 Å². The number of nitrogens with one attached hydrogen (secondary N) is 1. The molecule has 4 unspecified atom stereocenters. The average molecular weight is 400 g/mol. The lowest BCUT2D eigenvalue weighted by molar-refractivity contribution is -0.135. The van der Waals surface area contributed by atoms with Crippen LogP contribution in [-0.4, -0.2) is 61.0 Å². The first-order valence-electron chi connectivity index (χ1n) is 11.1. The highest BCUT2D eigenvalue weighted by Crippen LogP contribution is 2.52. The summed E-state index contributed by atoms with van der Waals surface area (Å²) in [4.78, 5) is 33.7. The lowest BCUT2D eigenvalue weighted by Gasteiger charge is -2.35. The molecule has 3 N–H and O–H groups in total. The molecule has 1 aromatic heterocycles. The van der Waals surface area contributed by atoms with Crippen molar-refractivity contribution in [3.63, 3.8) is 0 Å². The Morgan fingerprint density at radius 2 is 1.83 bits per heavy atom. The third kappa shape index (κ3) is 4.55. The predicted molar refractivity (Wildman–Crippen MR) is 112 cm³/mol. The van der Waals surface area contributed by atoms with E-state index in [-0.39, 0.29) is 23.7 Å². The summed E-state index contributed by atoms with van der Waals surface area (Å²) in [6, 6.07) is 6.05. The van der Waals surface area contributed by atoms with E-state index < -0.39 is 0 Å². The fourth-order valence-corrected chi connectivity index (χ4v) is 5.61. The minimum atomic E-state index is -0.290. The van der Waals surface area contributed by atoms with Gasteiger partial charge in [-0.05, 0) is 62.6 Å². The maximum absolute atomic E-state index is 12.6. The summed E-state index contributed by atoms with van der Waals surface area (Å²) in [7, 11) is 0. The number of nitrogens with zero attached hydrogens (tertiary/aromatic N) is 3. The van der Waals surface area contributed by atoms with Crippen LogP contribution in [0.5, 0.6) is 0 Å². The molecule has 3 aliphatic rings. The van der Waals surface area contributed by atoms with Crippen molar-refractivity contribution in [2.45, 2.75) is 32.1 Å². The molecule has 7 heteroatoms. The van der Waals surface area contributed by atoms with Crippen LogP contribution in [0, 0.1) is 23.7 Å². The first-order chi connectivity index (χ1) is 14.1. The summed E-state index contributed by atoms with van der Waals surface area (Å²) in [5, 5.41) is 3.08. The lowest BCUT2D eigenvalue weighted by Crippen LogP contribution is -2.47. The van der Waals surface area contributed by atoms with Gasteiger partial charge in [0.05, 0.1) is 11.8 Å². The van der Waals surface area contributed by atoms with Gasteiger partial charge in [0, 0.05) is 38.9 Å². The van der Waals surface area contributed by atoms with Gasteiger partial charge in [-0.2, -0.15) is 0 Å². The molecule has 2 bridgehead atoms. The summed E-state index contributed by atoms with van der Waals surface area (Å²) >= 11 is 0. The van der Waals surface area contributed by atoms with Gasteiger partial charge in [0.25, 0.3) is 0 Å². The zero-order valence-electron chi connectivity index (χ0n) is 17.1. The highest BCUT2D eigenvalue weighted by atomic mass is 16.2. The molecule has 2 aliphatic carbocycles. The van der Waals surface area contributed by atoms with E-state index in [1.165, 1.54) is 0 Å². The van der Waals surface area contributed by atoms with Crippen LogP contribution in [0.2, 0.25) is 0 Å². The van der Waals surface area contributed by atoms with Crippen molar-refractivity contribution < 1.29 is 9.59 Å². The highest BCUT2D eigenvalue weighted by molar-refractivity contribution is 5.88. The second kappa shape index (κ2) is 9.11. The van der Waals surface area contributed by atoms with Crippen LogP contribution in [0.3, 0.4) is 0 Å². The van der Waals surface area contributed by atoms with E-state index in [4.69, 9.17) is 5.73 Å². The van der Waals surface area contributed by atoms with Gasteiger partial charge >= 0.3 is 0 Å². The van der Waals surface area contributed by atoms with E-state index in [9.17, 15) is 9.59 Å². The number of piperazine rings is 1. The molecule has 0 spiro atoms. The summed E-state index contributed by atoms with van der Waals surface area (Å²) in [6.45, 7) is 5.86. The van der Waals surface area contributed by atoms with Crippen molar-refractivity contribution in [3.05, 3.63) is 24.4 Å². The van der Waals surface area contributed by atoms with Gasteiger partial charge in [0.2, 0.25) is 11.8 Å². The number of carbonyl (C=O) groups excluding carboxylic acids is 2. The molecule has 4 rings (SSSR count). The molecular weight excluding hydrogens is 366 g/mol. The third-order valence-corrected chi connectivity index (χ3v) is 7.09. The Morgan fingerprint density at radius 1 is 1.07 bits per heavy atom. The summed E-state index contributed by atoms with van der Waals surface area (Å²) < 4.78 is 0. The molecule has 1 aromatic rings. The SMILES string of the molecule is NC(=O)C1C2CCC(C2)C1C(=O)NCCCCN1CCN(c2ccccn2)CC1. The molecule has 4 atom stereocenters. The maximum Gasteiger partial charge on any atom is 0.224 e. The molecule has 1 aliphatic heterocycles. The molecule has 2 saturated carbocycles. The number of pyridine rings is 1. The van der Waals surface area contributed by atoms with E-state index >= 15 is 0 Å². The Kier molecular flexibility index (Phi) is 6.33. The van der Waals surface area contributed by atoms with Crippen LogP contribution in [0.1, 0.15) is 32.1 Å². The number of nitrogens with two attached hydrogens (primary N) is 1. The second-order valence-corrected chi connectivity index (χ2v) is 8.80. The molecule has 1 saturated heterocycles. The number of hydrogen-bond acceptors (Lipinski definition) is 5. The highest BCUT2D eigenvalue weighted by Gasteiger charge is 2.52. The molecule has 7 nitrogen and oxygen atoms in total. The van der Waals surface area contributed by atoms with Crippen LogP contribution in [0.4, 0.5) is 5.82 Å². The van der Waals surface area contributed by atoms with Gasteiger partial charge in [-0.1, -0.05) is 6.07 Å². The van der Waals surface area contributed by atoms with Crippen LogP contribution < -0.4 is 16.0 Å². The standard InChI is InChI=1S/C22H33N5O2/c23-21(28)19-16-6-7-17(15-16)20(19)22(29)25-9-3-4-10-26-11-13-27(14-12-26)18-5-1-2-8-24-18/h1-2,5,8,16-17,19-20H,3-4,6-7,9-15H2,(H2,23,28)(H,25,29).